The molecule has 19 heavy (non-hydrogen) atoms. The molecule has 1 saturated heterocycles. The van der Waals surface area contributed by atoms with E-state index in [1.807, 2.05) is 4.90 Å². The second-order valence-corrected chi connectivity index (χ2v) is 5.15. The van der Waals surface area contributed by atoms with E-state index in [1.165, 1.54) is 0 Å². The molecule has 2 rings (SSSR count). The zero-order valence-corrected chi connectivity index (χ0v) is 10.9. The van der Waals surface area contributed by atoms with E-state index in [0.29, 0.717) is 12.1 Å². The van der Waals surface area contributed by atoms with Gasteiger partial charge in [0.05, 0.1) is 6.10 Å². The lowest BCUT2D eigenvalue weighted by Crippen LogP contribution is -2.45. The number of piperidine rings is 1. The Balaban J connectivity index is 2.15. The maximum atomic E-state index is 13.2. The second-order valence-electron chi connectivity index (χ2n) is 5.15. The van der Waals surface area contributed by atoms with Crippen LogP contribution in [-0.2, 0) is 6.54 Å². The number of hydrogen-bond donors (Lipinski definition) is 1. The highest BCUT2D eigenvalue weighted by Gasteiger charge is 2.26. The number of halogens is 3. The fraction of sp³-hybridized carbons (Fsp3) is 0.571. The molecule has 2 nitrogen and oxygen atoms in total. The summed E-state index contributed by atoms with van der Waals surface area (Å²) in [6, 6.07) is 2.03. The highest BCUT2D eigenvalue weighted by atomic mass is 19.2. The first-order chi connectivity index (χ1) is 8.99. The van der Waals surface area contributed by atoms with Crippen molar-refractivity contribution in [3.05, 3.63) is 35.1 Å². The van der Waals surface area contributed by atoms with Crippen molar-refractivity contribution in [2.24, 2.45) is 0 Å². The van der Waals surface area contributed by atoms with Gasteiger partial charge in [-0.25, -0.2) is 13.2 Å². The van der Waals surface area contributed by atoms with Gasteiger partial charge in [-0.2, -0.15) is 0 Å². The molecule has 0 amide bonds. The first-order valence-electron chi connectivity index (χ1n) is 6.54. The van der Waals surface area contributed by atoms with Crippen LogP contribution in [0.3, 0.4) is 0 Å². The monoisotopic (exact) mass is 273 g/mol. The third-order valence-corrected chi connectivity index (χ3v) is 3.65. The van der Waals surface area contributed by atoms with Gasteiger partial charge < -0.3 is 5.11 Å². The van der Waals surface area contributed by atoms with Gasteiger partial charge >= 0.3 is 0 Å². The molecule has 1 aromatic rings. The van der Waals surface area contributed by atoms with Crippen molar-refractivity contribution in [2.45, 2.75) is 44.9 Å². The Bertz CT molecular complexity index is 427. The molecule has 0 spiro atoms. The van der Waals surface area contributed by atoms with Crippen LogP contribution in [0.1, 0.15) is 31.7 Å². The molecule has 0 bridgehead atoms. The predicted molar refractivity (Wildman–Crippen MR) is 66.0 cm³/mol. The normalized spacial score (nSPS) is 22.5. The molecule has 1 aliphatic rings. The van der Waals surface area contributed by atoms with Crippen molar-refractivity contribution >= 4 is 0 Å². The Labute approximate surface area is 110 Å². The van der Waals surface area contributed by atoms with Gasteiger partial charge in [0.2, 0.25) is 0 Å². The van der Waals surface area contributed by atoms with Gasteiger partial charge in [-0.05, 0) is 44.0 Å². The highest BCUT2D eigenvalue weighted by molar-refractivity contribution is 5.19. The summed E-state index contributed by atoms with van der Waals surface area (Å²) in [6.07, 6.45) is 2.41. The summed E-state index contributed by atoms with van der Waals surface area (Å²) in [7, 11) is 0. The van der Waals surface area contributed by atoms with Gasteiger partial charge in [-0.3, -0.25) is 4.90 Å². The largest absolute Gasteiger partial charge is 0.392 e. The second kappa shape index (κ2) is 5.92. The van der Waals surface area contributed by atoms with E-state index >= 15 is 0 Å². The van der Waals surface area contributed by atoms with Crippen LogP contribution in [0.2, 0.25) is 0 Å². The quantitative estimate of drug-likeness (QED) is 0.856. The number of aliphatic hydroxyl groups excluding tert-OH is 1. The standard InChI is InChI=1S/C14H18F3NO/c1-9(19)13-4-2-3-5-18(13)8-10-6-11(15)14(17)12(16)7-10/h6-7,9,13,19H,2-5,8H2,1H3. The number of rotatable bonds is 3. The molecular formula is C14H18F3NO. The highest BCUT2D eigenvalue weighted by Crippen LogP contribution is 2.23. The maximum Gasteiger partial charge on any atom is 0.194 e. The molecule has 5 heteroatoms. The van der Waals surface area contributed by atoms with Crippen LogP contribution in [0, 0.1) is 17.5 Å². The zero-order valence-electron chi connectivity index (χ0n) is 10.9. The fourth-order valence-electron chi connectivity index (χ4n) is 2.69. The Hall–Kier alpha value is -1.07. The molecule has 1 aromatic carbocycles. The molecule has 106 valence electrons. The van der Waals surface area contributed by atoms with E-state index in [1.54, 1.807) is 6.92 Å². The van der Waals surface area contributed by atoms with Gasteiger partial charge in [0.15, 0.2) is 17.5 Å². The summed E-state index contributed by atoms with van der Waals surface area (Å²) in [4.78, 5) is 2.00. The molecular weight excluding hydrogens is 255 g/mol. The molecule has 1 fully saturated rings. The van der Waals surface area contributed by atoms with E-state index in [0.717, 1.165) is 37.9 Å². The van der Waals surface area contributed by atoms with Gasteiger partial charge in [0.25, 0.3) is 0 Å². The van der Waals surface area contributed by atoms with Crippen molar-refractivity contribution in [1.82, 2.24) is 4.90 Å². The van der Waals surface area contributed by atoms with E-state index in [2.05, 4.69) is 0 Å². The van der Waals surface area contributed by atoms with Gasteiger partial charge in [-0.1, -0.05) is 6.42 Å². The maximum absolute atomic E-state index is 13.2. The van der Waals surface area contributed by atoms with Crippen LogP contribution in [-0.4, -0.2) is 28.7 Å². The first kappa shape index (κ1) is 14.3. The van der Waals surface area contributed by atoms with Crippen LogP contribution in [0.4, 0.5) is 13.2 Å². The number of nitrogens with zero attached hydrogens (tertiary/aromatic N) is 1. The lowest BCUT2D eigenvalue weighted by atomic mass is 9.97. The van der Waals surface area contributed by atoms with Crippen LogP contribution in [0.25, 0.3) is 0 Å². The average Bonchev–Trinajstić information content (AvgIpc) is 2.36. The third kappa shape index (κ3) is 3.28. The van der Waals surface area contributed by atoms with E-state index in [-0.39, 0.29) is 6.04 Å². The predicted octanol–water partition coefficient (Wildman–Crippen LogP) is 2.84. The minimum absolute atomic E-state index is 0.00933. The van der Waals surface area contributed by atoms with Crippen LogP contribution >= 0.6 is 0 Å². The van der Waals surface area contributed by atoms with Crippen LogP contribution < -0.4 is 0 Å². The Kier molecular flexibility index (Phi) is 4.47. The SMILES string of the molecule is CC(O)C1CCCCN1Cc1cc(F)c(F)c(F)c1. The van der Waals surface area contributed by atoms with Crippen molar-refractivity contribution in [3.63, 3.8) is 0 Å². The summed E-state index contributed by atoms with van der Waals surface area (Å²) in [5, 5.41) is 9.73. The molecule has 1 N–H and O–H groups in total. The topological polar surface area (TPSA) is 23.5 Å². The van der Waals surface area contributed by atoms with Crippen LogP contribution in [0.5, 0.6) is 0 Å². The van der Waals surface area contributed by atoms with Gasteiger partial charge in [-0.15, -0.1) is 0 Å². The summed E-state index contributed by atoms with van der Waals surface area (Å²) in [6.45, 7) is 2.81. The Morgan fingerprint density at radius 1 is 1.26 bits per heavy atom. The minimum atomic E-state index is -1.44. The van der Waals surface area contributed by atoms with Crippen molar-refractivity contribution in [1.29, 1.82) is 0 Å². The van der Waals surface area contributed by atoms with E-state index in [4.69, 9.17) is 0 Å². The molecule has 0 saturated carbocycles. The lowest BCUT2D eigenvalue weighted by Gasteiger charge is -2.37. The molecule has 0 aromatic heterocycles. The summed E-state index contributed by atoms with van der Waals surface area (Å²) < 4.78 is 39.2. The molecule has 2 atom stereocenters. The third-order valence-electron chi connectivity index (χ3n) is 3.65. The van der Waals surface area contributed by atoms with Crippen LogP contribution in [0.15, 0.2) is 12.1 Å². The summed E-state index contributed by atoms with van der Waals surface area (Å²) in [5.74, 6) is -3.77. The number of benzene rings is 1. The van der Waals surface area contributed by atoms with Gasteiger partial charge in [0.1, 0.15) is 0 Å². The lowest BCUT2D eigenvalue weighted by molar-refractivity contribution is 0.0315. The van der Waals surface area contributed by atoms with Crippen molar-refractivity contribution < 1.29 is 18.3 Å². The number of aliphatic hydroxyl groups is 1. The molecule has 0 aliphatic carbocycles. The Morgan fingerprint density at radius 2 is 1.89 bits per heavy atom. The van der Waals surface area contributed by atoms with E-state index < -0.39 is 23.6 Å². The summed E-state index contributed by atoms with van der Waals surface area (Å²) >= 11 is 0. The molecule has 1 heterocycles. The zero-order chi connectivity index (χ0) is 14.0. The molecule has 0 radical (unpaired) electrons. The average molecular weight is 273 g/mol. The summed E-state index contributed by atoms with van der Waals surface area (Å²) in [5.41, 5.74) is 0.393. The molecule has 2 unspecified atom stereocenters. The Morgan fingerprint density at radius 3 is 2.47 bits per heavy atom. The number of likely N-dealkylation sites (tertiary alicyclic amines) is 1. The van der Waals surface area contributed by atoms with E-state index in [9.17, 15) is 18.3 Å². The number of hydrogen-bond acceptors (Lipinski definition) is 2. The first-order valence-corrected chi connectivity index (χ1v) is 6.54. The van der Waals surface area contributed by atoms with Crippen molar-refractivity contribution in [3.8, 4) is 0 Å². The fourth-order valence-corrected chi connectivity index (χ4v) is 2.69. The molecule has 1 aliphatic heterocycles. The minimum Gasteiger partial charge on any atom is -0.392 e. The smallest absolute Gasteiger partial charge is 0.194 e. The van der Waals surface area contributed by atoms with Crippen molar-refractivity contribution in [2.75, 3.05) is 6.54 Å². The van der Waals surface area contributed by atoms with Gasteiger partial charge in [0, 0.05) is 12.6 Å².